The Bertz CT molecular complexity index is 194. The van der Waals surface area contributed by atoms with Crippen LogP contribution in [0.15, 0.2) is 0 Å². The van der Waals surface area contributed by atoms with Crippen LogP contribution in [0.3, 0.4) is 0 Å². The Labute approximate surface area is 86.6 Å². The molecule has 14 heavy (non-hydrogen) atoms. The Morgan fingerprint density at radius 3 is 2.50 bits per heavy atom. The average molecular weight is 198 g/mol. The van der Waals surface area contributed by atoms with Gasteiger partial charge in [0.05, 0.1) is 0 Å². The number of carbonyl (C=O) groups is 1. The van der Waals surface area contributed by atoms with E-state index in [9.17, 15) is 4.79 Å². The van der Waals surface area contributed by atoms with Gasteiger partial charge in [-0.05, 0) is 24.7 Å². The molecule has 1 aliphatic rings. The number of nitrogens with one attached hydrogen (secondary N) is 2. The van der Waals surface area contributed by atoms with Crippen molar-refractivity contribution >= 4 is 5.91 Å². The van der Waals surface area contributed by atoms with Crippen LogP contribution >= 0.6 is 0 Å². The molecule has 0 aromatic rings. The highest BCUT2D eigenvalue weighted by Gasteiger charge is 2.28. The number of hydrogen-bond donors (Lipinski definition) is 2. The van der Waals surface area contributed by atoms with Gasteiger partial charge in [0.2, 0.25) is 5.91 Å². The first-order chi connectivity index (χ1) is 6.61. The molecule has 3 nitrogen and oxygen atoms in total. The summed E-state index contributed by atoms with van der Waals surface area (Å²) in [5.74, 6) is 1.67. The van der Waals surface area contributed by atoms with Crippen molar-refractivity contribution in [3.63, 3.8) is 0 Å². The Hall–Kier alpha value is -0.570. The molecule has 0 aromatic carbocycles. The van der Waals surface area contributed by atoms with Gasteiger partial charge >= 0.3 is 0 Å². The van der Waals surface area contributed by atoms with Gasteiger partial charge in [-0.1, -0.05) is 13.8 Å². The second-order valence-electron chi connectivity index (χ2n) is 4.46. The van der Waals surface area contributed by atoms with E-state index in [0.29, 0.717) is 6.04 Å². The molecule has 1 rings (SSSR count). The molecule has 0 heterocycles. The third kappa shape index (κ3) is 3.29. The highest BCUT2D eigenvalue weighted by Crippen LogP contribution is 2.30. The fourth-order valence-electron chi connectivity index (χ4n) is 2.15. The zero-order chi connectivity index (χ0) is 10.6. The lowest BCUT2D eigenvalue weighted by molar-refractivity contribution is -0.118. The van der Waals surface area contributed by atoms with Crippen LogP contribution in [0.2, 0.25) is 0 Å². The first-order valence-corrected chi connectivity index (χ1v) is 5.59. The molecular formula is C11H22N2O. The maximum atomic E-state index is 10.6. The van der Waals surface area contributed by atoms with E-state index in [4.69, 9.17) is 0 Å². The monoisotopic (exact) mass is 198 g/mol. The molecular weight excluding hydrogens is 176 g/mol. The van der Waals surface area contributed by atoms with Crippen molar-refractivity contribution in [2.45, 2.75) is 39.7 Å². The normalized spacial score (nSPS) is 31.8. The molecule has 1 amide bonds. The molecule has 2 N–H and O–H groups in total. The number of amides is 1. The van der Waals surface area contributed by atoms with Gasteiger partial charge in [0.25, 0.3) is 0 Å². The third-order valence-electron chi connectivity index (χ3n) is 3.37. The van der Waals surface area contributed by atoms with E-state index in [1.807, 2.05) is 0 Å². The fourth-order valence-corrected chi connectivity index (χ4v) is 2.15. The number of rotatable bonds is 4. The molecule has 3 atom stereocenters. The highest BCUT2D eigenvalue weighted by molar-refractivity contribution is 5.72. The van der Waals surface area contributed by atoms with Crippen molar-refractivity contribution in [2.75, 3.05) is 13.1 Å². The van der Waals surface area contributed by atoms with E-state index in [-0.39, 0.29) is 5.91 Å². The largest absolute Gasteiger partial charge is 0.355 e. The molecule has 0 aromatic heterocycles. The Kier molecular flexibility index (Phi) is 4.39. The van der Waals surface area contributed by atoms with Crippen LogP contribution in [0, 0.1) is 11.8 Å². The van der Waals surface area contributed by atoms with E-state index < -0.39 is 0 Å². The molecule has 0 saturated heterocycles. The van der Waals surface area contributed by atoms with Crippen molar-refractivity contribution in [3.8, 4) is 0 Å². The van der Waals surface area contributed by atoms with E-state index in [1.54, 1.807) is 6.92 Å². The number of hydrogen-bond acceptors (Lipinski definition) is 2. The van der Waals surface area contributed by atoms with Crippen LogP contribution in [0.4, 0.5) is 0 Å². The summed E-state index contributed by atoms with van der Waals surface area (Å²) in [6.45, 7) is 7.82. The molecule has 0 aliphatic heterocycles. The first kappa shape index (κ1) is 11.5. The van der Waals surface area contributed by atoms with Crippen molar-refractivity contribution < 1.29 is 4.79 Å². The molecule has 1 saturated carbocycles. The maximum absolute atomic E-state index is 10.6. The van der Waals surface area contributed by atoms with Crippen molar-refractivity contribution in [1.82, 2.24) is 10.6 Å². The van der Waals surface area contributed by atoms with Crippen LogP contribution in [-0.4, -0.2) is 25.0 Å². The predicted octanol–water partition coefficient (Wildman–Crippen LogP) is 1.15. The van der Waals surface area contributed by atoms with Gasteiger partial charge in [-0.3, -0.25) is 4.79 Å². The highest BCUT2D eigenvalue weighted by atomic mass is 16.1. The molecule has 0 spiro atoms. The molecule has 3 heteroatoms. The van der Waals surface area contributed by atoms with Gasteiger partial charge in [0.15, 0.2) is 0 Å². The van der Waals surface area contributed by atoms with Gasteiger partial charge in [0.1, 0.15) is 0 Å². The third-order valence-corrected chi connectivity index (χ3v) is 3.37. The maximum Gasteiger partial charge on any atom is 0.216 e. The van der Waals surface area contributed by atoms with Crippen molar-refractivity contribution in [2.24, 2.45) is 11.8 Å². The molecule has 3 unspecified atom stereocenters. The van der Waals surface area contributed by atoms with Gasteiger partial charge in [-0.15, -0.1) is 0 Å². The summed E-state index contributed by atoms with van der Waals surface area (Å²) in [5, 5.41) is 6.30. The van der Waals surface area contributed by atoms with Crippen LogP contribution < -0.4 is 10.6 Å². The summed E-state index contributed by atoms with van der Waals surface area (Å²) in [6, 6.07) is 0.652. The molecule has 0 radical (unpaired) electrons. The topological polar surface area (TPSA) is 41.1 Å². The molecule has 0 bridgehead atoms. The SMILES string of the molecule is CC(=O)NCCNC1CCC(C)C1C. The van der Waals surface area contributed by atoms with Gasteiger partial charge < -0.3 is 10.6 Å². The summed E-state index contributed by atoms with van der Waals surface area (Å²) >= 11 is 0. The van der Waals surface area contributed by atoms with E-state index in [0.717, 1.165) is 24.9 Å². The molecule has 1 fully saturated rings. The first-order valence-electron chi connectivity index (χ1n) is 5.59. The van der Waals surface area contributed by atoms with E-state index in [2.05, 4.69) is 24.5 Å². The lowest BCUT2D eigenvalue weighted by Gasteiger charge is -2.19. The second-order valence-corrected chi connectivity index (χ2v) is 4.46. The lowest BCUT2D eigenvalue weighted by Crippen LogP contribution is -2.38. The van der Waals surface area contributed by atoms with Crippen molar-refractivity contribution in [3.05, 3.63) is 0 Å². The standard InChI is InChI=1S/C11H22N2O/c1-8-4-5-11(9(8)2)13-7-6-12-10(3)14/h8-9,11,13H,4-7H2,1-3H3,(H,12,14). The molecule has 82 valence electrons. The predicted molar refractivity (Wildman–Crippen MR) is 58.0 cm³/mol. The second kappa shape index (κ2) is 5.35. The minimum Gasteiger partial charge on any atom is -0.355 e. The Balaban J connectivity index is 2.10. The van der Waals surface area contributed by atoms with Gasteiger partial charge in [-0.25, -0.2) is 0 Å². The quantitative estimate of drug-likeness (QED) is 0.665. The van der Waals surface area contributed by atoms with Crippen LogP contribution in [-0.2, 0) is 4.79 Å². The van der Waals surface area contributed by atoms with Crippen LogP contribution in [0.1, 0.15) is 33.6 Å². The smallest absolute Gasteiger partial charge is 0.216 e. The van der Waals surface area contributed by atoms with E-state index >= 15 is 0 Å². The Morgan fingerprint density at radius 1 is 1.29 bits per heavy atom. The van der Waals surface area contributed by atoms with E-state index in [1.165, 1.54) is 12.8 Å². The average Bonchev–Trinajstić information content (AvgIpc) is 2.43. The zero-order valence-corrected chi connectivity index (χ0v) is 9.47. The lowest BCUT2D eigenvalue weighted by atomic mass is 9.98. The summed E-state index contributed by atoms with van der Waals surface area (Å²) in [5.41, 5.74) is 0. The molecule has 1 aliphatic carbocycles. The minimum absolute atomic E-state index is 0.0552. The number of carbonyl (C=O) groups excluding carboxylic acids is 1. The van der Waals surface area contributed by atoms with Gasteiger partial charge in [0, 0.05) is 26.1 Å². The fraction of sp³-hybridized carbons (Fsp3) is 0.909. The Morgan fingerprint density at radius 2 is 2.00 bits per heavy atom. The van der Waals surface area contributed by atoms with Crippen molar-refractivity contribution in [1.29, 1.82) is 0 Å². The summed E-state index contributed by atoms with van der Waals surface area (Å²) < 4.78 is 0. The zero-order valence-electron chi connectivity index (χ0n) is 9.47. The summed E-state index contributed by atoms with van der Waals surface area (Å²) in [6.07, 6.45) is 2.61. The van der Waals surface area contributed by atoms with Crippen LogP contribution in [0.5, 0.6) is 0 Å². The summed E-state index contributed by atoms with van der Waals surface area (Å²) in [7, 11) is 0. The minimum atomic E-state index is 0.0552. The summed E-state index contributed by atoms with van der Waals surface area (Å²) in [4.78, 5) is 10.6. The van der Waals surface area contributed by atoms with Crippen LogP contribution in [0.25, 0.3) is 0 Å². The van der Waals surface area contributed by atoms with Gasteiger partial charge in [-0.2, -0.15) is 0 Å².